The molecule has 1 aliphatic rings. The minimum absolute atomic E-state index is 0.0703. The molecule has 5 aromatic rings. The first kappa shape index (κ1) is 17.8. The Morgan fingerprint density at radius 3 is 2.81 bits per heavy atom. The molecular weight excluding hydrogens is 392 g/mol. The number of carbonyl (C=O) groups is 1. The Morgan fingerprint density at radius 1 is 1.06 bits per heavy atom. The number of imidazole rings is 1. The number of anilines is 1. The number of carbonyl (C=O) groups excluding carboxylic acids is 1. The first-order valence-electron chi connectivity index (χ1n) is 10.3. The maximum atomic E-state index is 12.5. The van der Waals surface area contributed by atoms with Crippen molar-refractivity contribution in [3.8, 4) is 11.3 Å². The van der Waals surface area contributed by atoms with Crippen molar-refractivity contribution >= 4 is 28.3 Å². The molecule has 0 radical (unpaired) electrons. The highest BCUT2D eigenvalue weighted by atomic mass is 16.3. The fourth-order valence-corrected chi connectivity index (χ4v) is 4.23. The van der Waals surface area contributed by atoms with E-state index in [1.807, 2.05) is 29.7 Å². The number of furan rings is 1. The molecule has 1 fully saturated rings. The van der Waals surface area contributed by atoms with Crippen LogP contribution in [0.1, 0.15) is 10.6 Å². The Hall–Kier alpha value is -4.07. The third-order valence-electron chi connectivity index (χ3n) is 5.86. The van der Waals surface area contributed by atoms with Crippen molar-refractivity contribution in [3.63, 3.8) is 0 Å². The lowest BCUT2D eigenvalue weighted by Gasteiger charge is -2.35. The number of piperazine rings is 1. The summed E-state index contributed by atoms with van der Waals surface area (Å²) in [6.45, 7) is 2.60. The van der Waals surface area contributed by atoms with Gasteiger partial charge in [0.2, 0.25) is 0 Å². The van der Waals surface area contributed by atoms with E-state index in [0.717, 1.165) is 28.2 Å². The van der Waals surface area contributed by atoms with Crippen molar-refractivity contribution in [2.75, 3.05) is 31.1 Å². The topological polar surface area (TPSA) is 82.7 Å². The van der Waals surface area contributed by atoms with Gasteiger partial charge in [-0.1, -0.05) is 6.07 Å². The Kier molecular flexibility index (Phi) is 4.02. The summed E-state index contributed by atoms with van der Waals surface area (Å²) < 4.78 is 7.33. The number of aromatic amines is 1. The number of nitrogens with zero attached hydrogens (tertiary/aromatic N) is 5. The number of aromatic nitrogens is 4. The number of hydrogen-bond acceptors (Lipinski definition) is 5. The Morgan fingerprint density at radius 2 is 1.97 bits per heavy atom. The number of fused-ring (bicyclic) bond motifs is 2. The largest absolute Gasteiger partial charge is 0.459 e. The molecule has 1 aliphatic heterocycles. The second kappa shape index (κ2) is 7.02. The minimum Gasteiger partial charge on any atom is -0.459 e. The van der Waals surface area contributed by atoms with Crippen LogP contribution < -0.4 is 4.90 Å². The molecule has 1 amide bonds. The molecule has 0 aliphatic carbocycles. The second-order valence-corrected chi connectivity index (χ2v) is 7.62. The Balaban J connectivity index is 1.28. The van der Waals surface area contributed by atoms with Gasteiger partial charge in [0.25, 0.3) is 5.91 Å². The van der Waals surface area contributed by atoms with E-state index in [-0.39, 0.29) is 5.91 Å². The maximum absolute atomic E-state index is 12.5. The molecule has 154 valence electrons. The van der Waals surface area contributed by atoms with E-state index < -0.39 is 0 Å². The molecule has 1 N–H and O–H groups in total. The lowest BCUT2D eigenvalue weighted by molar-refractivity contribution is 0.0714. The molecule has 1 saturated heterocycles. The number of H-pyrrole nitrogens is 1. The SMILES string of the molecule is O=C(c1ccco1)N1CCN(c2nccn3c(-c4ccc5[nH]ccc5c4)cnc23)CC1. The summed E-state index contributed by atoms with van der Waals surface area (Å²) in [6.07, 6.45) is 9.12. The summed E-state index contributed by atoms with van der Waals surface area (Å²) in [5.74, 6) is 1.15. The normalized spacial score (nSPS) is 14.6. The van der Waals surface area contributed by atoms with Crippen LogP contribution in [0.3, 0.4) is 0 Å². The predicted molar refractivity (Wildman–Crippen MR) is 117 cm³/mol. The van der Waals surface area contributed by atoms with E-state index in [2.05, 4.69) is 48.5 Å². The van der Waals surface area contributed by atoms with Crippen LogP contribution in [0.25, 0.3) is 27.8 Å². The van der Waals surface area contributed by atoms with E-state index in [1.165, 1.54) is 11.6 Å². The van der Waals surface area contributed by atoms with Gasteiger partial charge >= 0.3 is 0 Å². The summed E-state index contributed by atoms with van der Waals surface area (Å²) in [6, 6.07) is 11.8. The third-order valence-corrected chi connectivity index (χ3v) is 5.86. The van der Waals surface area contributed by atoms with Crippen LogP contribution in [0.2, 0.25) is 0 Å². The Bertz CT molecular complexity index is 1380. The molecular formula is C23H20N6O2. The molecule has 0 spiro atoms. The lowest BCUT2D eigenvalue weighted by atomic mass is 10.1. The highest BCUT2D eigenvalue weighted by Crippen LogP contribution is 2.28. The van der Waals surface area contributed by atoms with Gasteiger partial charge in [-0.3, -0.25) is 9.20 Å². The molecule has 0 unspecified atom stereocenters. The van der Waals surface area contributed by atoms with Crippen LogP contribution in [-0.4, -0.2) is 56.3 Å². The quantitative estimate of drug-likeness (QED) is 0.491. The molecule has 8 nitrogen and oxygen atoms in total. The summed E-state index contributed by atoms with van der Waals surface area (Å²) in [5.41, 5.74) is 4.05. The molecule has 31 heavy (non-hydrogen) atoms. The van der Waals surface area contributed by atoms with E-state index in [9.17, 15) is 4.79 Å². The number of rotatable bonds is 3. The zero-order valence-corrected chi connectivity index (χ0v) is 16.7. The first-order valence-corrected chi connectivity index (χ1v) is 10.3. The van der Waals surface area contributed by atoms with E-state index in [4.69, 9.17) is 4.42 Å². The summed E-state index contributed by atoms with van der Waals surface area (Å²) in [4.78, 5) is 29.1. The van der Waals surface area contributed by atoms with E-state index >= 15 is 0 Å². The van der Waals surface area contributed by atoms with Gasteiger partial charge in [0.05, 0.1) is 18.2 Å². The molecule has 0 bridgehead atoms. The number of hydrogen-bond donors (Lipinski definition) is 1. The van der Waals surface area contributed by atoms with Crippen molar-refractivity contribution in [2.24, 2.45) is 0 Å². The monoisotopic (exact) mass is 412 g/mol. The van der Waals surface area contributed by atoms with Gasteiger partial charge < -0.3 is 19.2 Å². The van der Waals surface area contributed by atoms with Crippen molar-refractivity contribution in [1.82, 2.24) is 24.3 Å². The number of amides is 1. The van der Waals surface area contributed by atoms with Crippen molar-refractivity contribution in [1.29, 1.82) is 0 Å². The van der Waals surface area contributed by atoms with Crippen LogP contribution in [0.4, 0.5) is 5.82 Å². The second-order valence-electron chi connectivity index (χ2n) is 7.62. The average molecular weight is 412 g/mol. The van der Waals surface area contributed by atoms with Crippen molar-refractivity contribution in [2.45, 2.75) is 0 Å². The summed E-state index contributed by atoms with van der Waals surface area (Å²) in [5, 5.41) is 1.17. The van der Waals surface area contributed by atoms with Crippen LogP contribution >= 0.6 is 0 Å². The zero-order valence-electron chi connectivity index (χ0n) is 16.7. The highest BCUT2D eigenvalue weighted by Gasteiger charge is 2.26. The van der Waals surface area contributed by atoms with Gasteiger partial charge in [0.15, 0.2) is 17.2 Å². The smallest absolute Gasteiger partial charge is 0.289 e. The molecule has 6 rings (SSSR count). The lowest BCUT2D eigenvalue weighted by Crippen LogP contribution is -2.49. The first-order chi connectivity index (χ1) is 15.3. The average Bonchev–Trinajstić information content (AvgIpc) is 3.58. The predicted octanol–water partition coefficient (Wildman–Crippen LogP) is 3.43. The van der Waals surface area contributed by atoms with Crippen LogP contribution in [0.15, 0.2) is 71.9 Å². The van der Waals surface area contributed by atoms with Crippen molar-refractivity contribution in [3.05, 3.63) is 73.2 Å². The van der Waals surface area contributed by atoms with Gasteiger partial charge in [-0.15, -0.1) is 0 Å². The minimum atomic E-state index is -0.0703. The highest BCUT2D eigenvalue weighted by molar-refractivity contribution is 5.91. The van der Waals surface area contributed by atoms with Gasteiger partial charge in [0.1, 0.15) is 0 Å². The van der Waals surface area contributed by atoms with Gasteiger partial charge in [-0.05, 0) is 30.3 Å². The summed E-state index contributed by atoms with van der Waals surface area (Å²) >= 11 is 0. The van der Waals surface area contributed by atoms with Gasteiger partial charge in [-0.25, -0.2) is 9.97 Å². The van der Waals surface area contributed by atoms with Gasteiger partial charge in [0, 0.05) is 61.2 Å². The van der Waals surface area contributed by atoms with E-state index in [1.54, 1.807) is 12.1 Å². The van der Waals surface area contributed by atoms with Crippen LogP contribution in [-0.2, 0) is 0 Å². The molecule has 8 heteroatoms. The Labute approximate surface area is 177 Å². The fraction of sp³-hybridized carbons (Fsp3) is 0.174. The molecule has 0 atom stereocenters. The number of nitrogens with one attached hydrogen (secondary N) is 1. The number of benzene rings is 1. The summed E-state index contributed by atoms with van der Waals surface area (Å²) in [7, 11) is 0. The van der Waals surface area contributed by atoms with Crippen LogP contribution in [0.5, 0.6) is 0 Å². The van der Waals surface area contributed by atoms with Gasteiger partial charge in [-0.2, -0.15) is 0 Å². The van der Waals surface area contributed by atoms with E-state index in [0.29, 0.717) is 31.9 Å². The maximum Gasteiger partial charge on any atom is 0.289 e. The fourth-order valence-electron chi connectivity index (χ4n) is 4.23. The third kappa shape index (κ3) is 2.95. The molecule has 4 aromatic heterocycles. The van der Waals surface area contributed by atoms with Crippen molar-refractivity contribution < 1.29 is 9.21 Å². The molecule has 1 aromatic carbocycles. The molecule has 0 saturated carbocycles. The standard InChI is InChI=1S/C23H20N6O2/c30-23(20-2-1-13-31-20)28-11-9-27(10-12-28)21-22-26-15-19(29(22)8-7-25-21)17-3-4-18-16(14-17)5-6-24-18/h1-8,13-15,24H,9-12H2. The molecule has 5 heterocycles. The zero-order chi connectivity index (χ0) is 20.8. The van der Waals surface area contributed by atoms with Crippen LogP contribution in [0, 0.1) is 0 Å².